The van der Waals surface area contributed by atoms with Gasteiger partial charge in [-0.15, -0.1) is 0 Å². The first-order valence-electron chi connectivity index (χ1n) is 10.4. The molecule has 0 aliphatic heterocycles. The molecule has 0 rings (SSSR count). The lowest BCUT2D eigenvalue weighted by Crippen LogP contribution is -2.50. The van der Waals surface area contributed by atoms with Gasteiger partial charge in [-0.3, -0.25) is 0 Å². The largest absolute Gasteiger partial charge is 0.778 e. The topological polar surface area (TPSA) is 89.8 Å². The van der Waals surface area contributed by atoms with Crippen LogP contribution in [-0.4, -0.2) is 67.4 Å². The van der Waals surface area contributed by atoms with Gasteiger partial charge in [0.2, 0.25) is 0 Å². The van der Waals surface area contributed by atoms with Crippen LogP contribution >= 0.6 is 7.60 Å². The van der Waals surface area contributed by atoms with Crippen LogP contribution in [0.5, 0.6) is 0 Å². The van der Waals surface area contributed by atoms with Crippen molar-refractivity contribution in [3.05, 3.63) is 0 Å². The normalized spacial score (nSPS) is 14.5. The zero-order valence-electron chi connectivity index (χ0n) is 17.0. The highest BCUT2D eigenvalue weighted by atomic mass is 31.2. The molecule has 1 unspecified atom stereocenters. The first-order valence-corrected chi connectivity index (χ1v) is 12.1. The lowest BCUT2D eigenvalue weighted by Gasteiger charge is -2.35. The molecule has 7 heteroatoms. The van der Waals surface area contributed by atoms with Gasteiger partial charge < -0.3 is 28.7 Å². The quantitative estimate of drug-likeness (QED) is 0.199. The molecular formula is C19H42NO5P. The number of aliphatic hydroxyl groups excluding tert-OH is 2. The predicted molar refractivity (Wildman–Crippen MR) is 105 cm³/mol. The van der Waals surface area contributed by atoms with Crippen LogP contribution in [0.3, 0.4) is 0 Å². The van der Waals surface area contributed by atoms with Gasteiger partial charge in [0.05, 0.1) is 39.6 Å². The van der Waals surface area contributed by atoms with E-state index in [0.29, 0.717) is 24.1 Å². The molecule has 0 aromatic heterocycles. The van der Waals surface area contributed by atoms with Crippen LogP contribution in [0.15, 0.2) is 0 Å². The van der Waals surface area contributed by atoms with Crippen LogP contribution < -0.4 is 4.89 Å². The number of nitrogens with zero attached hydrogens (tertiary/aromatic N) is 1. The number of hydrogen-bond donors (Lipinski definition) is 2. The highest BCUT2D eigenvalue weighted by Gasteiger charge is 2.23. The lowest BCUT2D eigenvalue weighted by molar-refractivity contribution is -0.908. The summed E-state index contributed by atoms with van der Waals surface area (Å²) in [5.41, 5.74) is 0. The Morgan fingerprint density at radius 2 is 1.31 bits per heavy atom. The summed E-state index contributed by atoms with van der Waals surface area (Å²) in [6.07, 6.45) is 12.0. The number of likely N-dealkylation sites (N-methyl/N-ethyl adjacent to an activating group) is 1. The standard InChI is InChI=1S/C19H42NO5P/c1-3-4-5-6-7-8-9-10-11-12-18-25-26(23,24)19-15-20(2,13-16-21)14-17-22/h21-22H,3-19H2,1-2H3. The zero-order chi connectivity index (χ0) is 19.7. The maximum Gasteiger partial charge on any atom is 0.140 e. The summed E-state index contributed by atoms with van der Waals surface area (Å²) in [4.78, 5) is 12.0. The molecule has 0 saturated carbocycles. The van der Waals surface area contributed by atoms with Crippen molar-refractivity contribution in [2.24, 2.45) is 0 Å². The van der Waals surface area contributed by atoms with E-state index in [9.17, 15) is 9.46 Å². The average molecular weight is 396 g/mol. The van der Waals surface area contributed by atoms with Crippen molar-refractivity contribution in [1.29, 1.82) is 0 Å². The van der Waals surface area contributed by atoms with E-state index in [1.54, 1.807) is 0 Å². The Morgan fingerprint density at radius 1 is 0.846 bits per heavy atom. The Morgan fingerprint density at radius 3 is 1.77 bits per heavy atom. The Bertz CT molecular complexity index is 362. The summed E-state index contributed by atoms with van der Waals surface area (Å²) in [6, 6.07) is 0. The molecule has 0 aromatic carbocycles. The highest BCUT2D eigenvalue weighted by molar-refractivity contribution is 7.51. The second kappa shape index (κ2) is 16.0. The molecule has 1 atom stereocenters. The minimum absolute atomic E-state index is 0.0287. The molecule has 0 heterocycles. The van der Waals surface area contributed by atoms with Gasteiger partial charge in [-0.25, -0.2) is 0 Å². The average Bonchev–Trinajstić information content (AvgIpc) is 2.59. The van der Waals surface area contributed by atoms with E-state index in [2.05, 4.69) is 6.92 Å². The van der Waals surface area contributed by atoms with E-state index < -0.39 is 7.60 Å². The van der Waals surface area contributed by atoms with Gasteiger partial charge in [-0.2, -0.15) is 0 Å². The van der Waals surface area contributed by atoms with E-state index in [4.69, 9.17) is 14.7 Å². The van der Waals surface area contributed by atoms with E-state index in [0.717, 1.165) is 19.3 Å². The zero-order valence-corrected chi connectivity index (χ0v) is 17.9. The molecule has 158 valence electrons. The van der Waals surface area contributed by atoms with Gasteiger partial charge >= 0.3 is 0 Å². The second-order valence-corrected chi connectivity index (χ2v) is 9.51. The first kappa shape index (κ1) is 26.0. The van der Waals surface area contributed by atoms with Gasteiger partial charge in [0, 0.05) is 0 Å². The van der Waals surface area contributed by atoms with Crippen LogP contribution in [0.1, 0.15) is 71.1 Å². The number of aliphatic hydroxyl groups is 2. The van der Waals surface area contributed by atoms with E-state index >= 15 is 0 Å². The predicted octanol–water partition coefficient (Wildman–Crippen LogP) is 2.91. The molecule has 0 radical (unpaired) electrons. The van der Waals surface area contributed by atoms with Gasteiger partial charge in [0.25, 0.3) is 0 Å². The fourth-order valence-electron chi connectivity index (χ4n) is 3.04. The maximum atomic E-state index is 12.0. The third-order valence-corrected chi connectivity index (χ3v) is 6.30. The van der Waals surface area contributed by atoms with E-state index in [1.807, 2.05) is 7.05 Å². The second-order valence-electron chi connectivity index (χ2n) is 7.59. The molecule has 0 aliphatic carbocycles. The number of unbranched alkanes of at least 4 members (excludes halogenated alkanes) is 9. The maximum absolute atomic E-state index is 12.0. The molecule has 0 bridgehead atoms. The number of hydrogen-bond acceptors (Lipinski definition) is 5. The highest BCUT2D eigenvalue weighted by Crippen LogP contribution is 2.37. The first-order chi connectivity index (χ1) is 12.4. The Hall–Kier alpha value is 0.0300. The van der Waals surface area contributed by atoms with Crippen molar-refractivity contribution in [3.63, 3.8) is 0 Å². The molecule has 0 saturated heterocycles. The minimum atomic E-state index is -3.84. The van der Waals surface area contributed by atoms with Crippen LogP contribution in [0, 0.1) is 0 Å². The van der Waals surface area contributed by atoms with Crippen LogP contribution in [-0.2, 0) is 9.09 Å². The molecule has 6 nitrogen and oxygen atoms in total. The Kier molecular flexibility index (Phi) is 16.0. The third kappa shape index (κ3) is 15.1. The summed E-state index contributed by atoms with van der Waals surface area (Å²) >= 11 is 0. The van der Waals surface area contributed by atoms with Crippen LogP contribution in [0.2, 0.25) is 0 Å². The van der Waals surface area contributed by atoms with Crippen molar-refractivity contribution >= 4 is 7.60 Å². The van der Waals surface area contributed by atoms with Gasteiger partial charge in [0.1, 0.15) is 20.7 Å². The van der Waals surface area contributed by atoms with Crippen molar-refractivity contribution in [2.75, 3.05) is 52.7 Å². The Labute approximate surface area is 160 Å². The molecule has 0 fully saturated rings. The molecule has 0 amide bonds. The number of rotatable bonds is 19. The molecule has 0 aliphatic rings. The monoisotopic (exact) mass is 395 g/mol. The summed E-state index contributed by atoms with van der Waals surface area (Å²) < 4.78 is 17.5. The third-order valence-electron chi connectivity index (χ3n) is 4.98. The minimum Gasteiger partial charge on any atom is -0.778 e. The Balaban J connectivity index is 3.72. The van der Waals surface area contributed by atoms with Crippen LogP contribution in [0.4, 0.5) is 0 Å². The molecule has 26 heavy (non-hydrogen) atoms. The summed E-state index contributed by atoms with van der Waals surface area (Å²) in [5.74, 6) is 0. The van der Waals surface area contributed by atoms with Crippen molar-refractivity contribution < 1.29 is 28.7 Å². The molecule has 0 spiro atoms. The lowest BCUT2D eigenvalue weighted by atomic mass is 10.1. The van der Waals surface area contributed by atoms with Crippen molar-refractivity contribution in [1.82, 2.24) is 0 Å². The molecule has 2 N–H and O–H groups in total. The van der Waals surface area contributed by atoms with Crippen LogP contribution in [0.25, 0.3) is 0 Å². The smallest absolute Gasteiger partial charge is 0.140 e. The fourth-order valence-corrected chi connectivity index (χ4v) is 4.30. The summed E-state index contributed by atoms with van der Waals surface area (Å²) in [5, 5.41) is 18.2. The van der Waals surface area contributed by atoms with Crippen molar-refractivity contribution in [3.8, 4) is 0 Å². The molecular weight excluding hydrogens is 353 g/mol. The van der Waals surface area contributed by atoms with Crippen molar-refractivity contribution in [2.45, 2.75) is 71.1 Å². The SMILES string of the molecule is CCCCCCCCCCCCOP(=O)([O-])CC[N+](C)(CCO)CCO. The fraction of sp³-hybridized carbons (Fsp3) is 1.00. The summed E-state index contributed by atoms with van der Waals surface area (Å²) in [7, 11) is -2.00. The summed E-state index contributed by atoms with van der Waals surface area (Å²) in [6.45, 7) is 3.64. The molecule has 0 aromatic rings. The van der Waals surface area contributed by atoms with E-state index in [1.165, 1.54) is 44.9 Å². The van der Waals surface area contributed by atoms with Gasteiger partial charge in [0.15, 0.2) is 0 Å². The van der Waals surface area contributed by atoms with E-state index in [-0.39, 0.29) is 26.0 Å². The van der Waals surface area contributed by atoms with Gasteiger partial charge in [-0.1, -0.05) is 64.7 Å². The number of quaternary nitrogens is 1. The van der Waals surface area contributed by atoms with Gasteiger partial charge in [-0.05, 0) is 6.42 Å².